The number of halogens is 2. The summed E-state index contributed by atoms with van der Waals surface area (Å²) in [4.78, 5) is 15.4. The minimum atomic E-state index is -0.139. The van der Waals surface area contributed by atoms with Gasteiger partial charge in [0.05, 0.1) is 20.9 Å². The van der Waals surface area contributed by atoms with Crippen LogP contribution in [0.3, 0.4) is 0 Å². The van der Waals surface area contributed by atoms with E-state index in [1.54, 1.807) is 18.2 Å². The monoisotopic (exact) mass is 289 g/mol. The zero-order chi connectivity index (χ0) is 13.4. The number of fused-ring (bicyclic) bond motifs is 1. The average Bonchev–Trinajstić information content (AvgIpc) is 2.43. The molecule has 0 spiro atoms. The second-order valence-corrected chi connectivity index (χ2v) is 5.01. The molecule has 1 N–H and O–H groups in total. The van der Waals surface area contributed by atoms with Gasteiger partial charge in [-0.15, -0.1) is 0 Å². The molecule has 0 fully saturated rings. The fourth-order valence-corrected chi connectivity index (χ4v) is 2.52. The van der Waals surface area contributed by atoms with Gasteiger partial charge in [-0.3, -0.25) is 4.79 Å². The van der Waals surface area contributed by atoms with Gasteiger partial charge in [-0.25, -0.2) is 0 Å². The van der Waals surface area contributed by atoms with E-state index in [4.69, 9.17) is 23.2 Å². The number of H-pyrrole nitrogens is 1. The number of benzene rings is 2. The van der Waals surface area contributed by atoms with Crippen LogP contribution in [-0.4, -0.2) is 4.98 Å². The molecule has 0 saturated carbocycles. The number of hydrogen-bond acceptors (Lipinski definition) is 1. The first-order valence-electron chi connectivity index (χ1n) is 5.73. The summed E-state index contributed by atoms with van der Waals surface area (Å²) in [6.45, 7) is 0. The van der Waals surface area contributed by atoms with Crippen molar-refractivity contribution in [3.63, 3.8) is 0 Å². The molecule has 0 bridgehead atoms. The molecule has 0 radical (unpaired) electrons. The van der Waals surface area contributed by atoms with Crippen LogP contribution in [-0.2, 0) is 0 Å². The normalized spacial score (nSPS) is 10.8. The molecule has 19 heavy (non-hydrogen) atoms. The van der Waals surface area contributed by atoms with E-state index in [9.17, 15) is 4.79 Å². The number of pyridine rings is 1. The van der Waals surface area contributed by atoms with Crippen LogP contribution in [0.1, 0.15) is 0 Å². The van der Waals surface area contributed by atoms with E-state index >= 15 is 0 Å². The first kappa shape index (κ1) is 12.3. The maximum Gasteiger partial charge on any atom is 0.191 e. The molecule has 0 atom stereocenters. The van der Waals surface area contributed by atoms with E-state index < -0.39 is 0 Å². The maximum atomic E-state index is 12.2. The van der Waals surface area contributed by atoms with Crippen LogP contribution in [0.15, 0.2) is 53.3 Å². The van der Waals surface area contributed by atoms with Gasteiger partial charge in [0.1, 0.15) is 0 Å². The molecule has 2 aromatic carbocycles. The molecule has 0 unspecified atom stereocenters. The quantitative estimate of drug-likeness (QED) is 0.703. The second-order valence-electron chi connectivity index (χ2n) is 4.19. The predicted molar refractivity (Wildman–Crippen MR) is 80.0 cm³/mol. The minimum Gasteiger partial charge on any atom is -0.353 e. The highest BCUT2D eigenvalue weighted by Gasteiger charge is 2.10. The summed E-state index contributed by atoms with van der Waals surface area (Å²) in [7, 11) is 0. The van der Waals surface area contributed by atoms with Crippen molar-refractivity contribution in [2.24, 2.45) is 0 Å². The zero-order valence-corrected chi connectivity index (χ0v) is 11.3. The number of hydrogen-bond donors (Lipinski definition) is 1. The SMILES string of the molecule is O=c1cc(-c2ccccc2)[nH]c2c(Cl)ccc(Cl)c12. The van der Waals surface area contributed by atoms with Crippen LogP contribution in [0.2, 0.25) is 10.0 Å². The van der Waals surface area contributed by atoms with Crippen molar-refractivity contribution in [1.29, 1.82) is 0 Å². The van der Waals surface area contributed by atoms with Crippen molar-refractivity contribution in [3.05, 3.63) is 68.8 Å². The molecular formula is C15H9Cl2NO. The summed E-state index contributed by atoms with van der Waals surface area (Å²) < 4.78 is 0. The Hall–Kier alpha value is -1.77. The Bertz CT molecular complexity index is 809. The molecule has 1 aromatic heterocycles. The molecule has 94 valence electrons. The van der Waals surface area contributed by atoms with E-state index in [0.717, 1.165) is 11.3 Å². The van der Waals surface area contributed by atoms with E-state index in [1.165, 1.54) is 0 Å². The standard InChI is InChI=1S/C15H9Cl2NO/c16-10-6-7-11(17)15-14(10)13(19)8-12(18-15)9-4-2-1-3-5-9/h1-8H,(H,18,19). The van der Waals surface area contributed by atoms with Crippen LogP contribution in [0, 0.1) is 0 Å². The first-order valence-corrected chi connectivity index (χ1v) is 6.49. The predicted octanol–water partition coefficient (Wildman–Crippen LogP) is 4.50. The molecule has 0 amide bonds. The third-order valence-corrected chi connectivity index (χ3v) is 3.60. The van der Waals surface area contributed by atoms with Gasteiger partial charge in [0, 0.05) is 11.8 Å². The van der Waals surface area contributed by atoms with Crippen LogP contribution >= 0.6 is 23.2 Å². The Morgan fingerprint density at radius 3 is 2.32 bits per heavy atom. The number of aromatic nitrogens is 1. The maximum absolute atomic E-state index is 12.2. The third kappa shape index (κ3) is 2.14. The molecule has 0 aliphatic carbocycles. The second kappa shape index (κ2) is 4.72. The largest absolute Gasteiger partial charge is 0.353 e. The van der Waals surface area contributed by atoms with E-state index in [2.05, 4.69) is 4.98 Å². The van der Waals surface area contributed by atoms with Gasteiger partial charge in [-0.1, -0.05) is 53.5 Å². The summed E-state index contributed by atoms with van der Waals surface area (Å²) in [5, 5.41) is 1.31. The molecule has 2 nitrogen and oxygen atoms in total. The van der Waals surface area contributed by atoms with Crippen LogP contribution in [0.25, 0.3) is 22.2 Å². The lowest BCUT2D eigenvalue weighted by molar-refractivity contribution is 1.38. The Morgan fingerprint density at radius 1 is 0.895 bits per heavy atom. The molecule has 1 heterocycles. The van der Waals surface area contributed by atoms with Gasteiger partial charge in [-0.2, -0.15) is 0 Å². The van der Waals surface area contributed by atoms with E-state index in [1.807, 2.05) is 30.3 Å². The fourth-order valence-electron chi connectivity index (χ4n) is 2.06. The molecule has 4 heteroatoms. The smallest absolute Gasteiger partial charge is 0.191 e. The topological polar surface area (TPSA) is 32.9 Å². The average molecular weight is 290 g/mol. The van der Waals surface area contributed by atoms with Crippen LogP contribution < -0.4 is 5.43 Å². The molecule has 3 aromatic rings. The van der Waals surface area contributed by atoms with Gasteiger partial charge in [-0.05, 0) is 17.7 Å². The highest BCUT2D eigenvalue weighted by atomic mass is 35.5. The van der Waals surface area contributed by atoms with Crippen LogP contribution in [0.5, 0.6) is 0 Å². The lowest BCUT2D eigenvalue weighted by atomic mass is 10.1. The van der Waals surface area contributed by atoms with Crippen molar-refractivity contribution >= 4 is 34.1 Å². The number of aromatic amines is 1. The van der Waals surface area contributed by atoms with E-state index in [0.29, 0.717) is 20.9 Å². The summed E-state index contributed by atoms with van der Waals surface area (Å²) in [6, 6.07) is 14.5. The lowest BCUT2D eigenvalue weighted by Crippen LogP contribution is -2.04. The van der Waals surface area contributed by atoms with Crippen molar-refractivity contribution in [3.8, 4) is 11.3 Å². The van der Waals surface area contributed by atoms with Gasteiger partial charge >= 0.3 is 0 Å². The summed E-state index contributed by atoms with van der Waals surface area (Å²) in [6.07, 6.45) is 0. The molecule has 0 aliphatic heterocycles. The molecule has 0 aliphatic rings. The van der Waals surface area contributed by atoms with Crippen molar-refractivity contribution in [2.75, 3.05) is 0 Å². The zero-order valence-electron chi connectivity index (χ0n) is 9.78. The molecule has 3 rings (SSSR count). The Labute approximate surface area is 119 Å². The summed E-state index contributed by atoms with van der Waals surface area (Å²) >= 11 is 12.2. The Balaban J connectivity index is 2.38. The van der Waals surface area contributed by atoms with E-state index in [-0.39, 0.29) is 5.43 Å². The Kier molecular flexibility index (Phi) is 3.05. The van der Waals surface area contributed by atoms with Crippen LogP contribution in [0.4, 0.5) is 0 Å². The Morgan fingerprint density at radius 2 is 1.58 bits per heavy atom. The molecule has 0 saturated heterocycles. The first-order chi connectivity index (χ1) is 9.16. The van der Waals surface area contributed by atoms with Gasteiger partial charge < -0.3 is 4.98 Å². The third-order valence-electron chi connectivity index (χ3n) is 2.97. The number of rotatable bonds is 1. The minimum absolute atomic E-state index is 0.139. The van der Waals surface area contributed by atoms with Crippen molar-refractivity contribution in [2.45, 2.75) is 0 Å². The van der Waals surface area contributed by atoms with Crippen molar-refractivity contribution < 1.29 is 0 Å². The highest BCUT2D eigenvalue weighted by molar-refractivity contribution is 6.39. The molecular weight excluding hydrogens is 281 g/mol. The highest BCUT2D eigenvalue weighted by Crippen LogP contribution is 2.28. The fraction of sp³-hybridized carbons (Fsp3) is 0. The summed E-state index contributed by atoms with van der Waals surface area (Å²) in [5.74, 6) is 0. The number of nitrogens with one attached hydrogen (secondary N) is 1. The van der Waals surface area contributed by atoms with Crippen molar-refractivity contribution in [1.82, 2.24) is 4.98 Å². The lowest BCUT2D eigenvalue weighted by Gasteiger charge is -2.07. The van der Waals surface area contributed by atoms with Gasteiger partial charge in [0.2, 0.25) is 0 Å². The van der Waals surface area contributed by atoms with Gasteiger partial charge in [0.25, 0.3) is 0 Å². The summed E-state index contributed by atoms with van der Waals surface area (Å²) in [5.41, 5.74) is 2.08. The van der Waals surface area contributed by atoms with Gasteiger partial charge in [0.15, 0.2) is 5.43 Å².